The molecule has 4 heteroatoms. The lowest BCUT2D eigenvalue weighted by Crippen LogP contribution is -1.95. The van der Waals surface area contributed by atoms with Crippen LogP contribution < -0.4 is 5.43 Å². The molecular weight excluding hydrogens is 242 g/mol. The topological polar surface area (TPSA) is 37.3 Å². The summed E-state index contributed by atoms with van der Waals surface area (Å²) in [5, 5.41) is 7.35. The van der Waals surface area contributed by atoms with Crippen molar-refractivity contribution in [2.75, 3.05) is 5.43 Å². The minimum absolute atomic E-state index is 0.869. The molecule has 1 aliphatic carbocycles. The van der Waals surface area contributed by atoms with E-state index in [-0.39, 0.29) is 0 Å². The summed E-state index contributed by atoms with van der Waals surface area (Å²) >= 11 is 1.60. The van der Waals surface area contributed by atoms with Crippen molar-refractivity contribution in [3.8, 4) is 11.3 Å². The molecule has 1 heterocycles. The third-order valence-electron chi connectivity index (χ3n) is 3.06. The van der Waals surface area contributed by atoms with Crippen LogP contribution in [0.15, 0.2) is 40.8 Å². The van der Waals surface area contributed by atoms with Crippen LogP contribution in [0.4, 0.5) is 5.13 Å². The minimum Gasteiger partial charge on any atom is -0.253 e. The number of nitrogens with zero attached hydrogens (tertiary/aromatic N) is 2. The quantitative estimate of drug-likeness (QED) is 0.839. The molecule has 0 spiro atoms. The highest BCUT2D eigenvalue weighted by Gasteiger charge is 2.08. The van der Waals surface area contributed by atoms with Crippen molar-refractivity contribution in [3.05, 3.63) is 35.7 Å². The largest absolute Gasteiger partial charge is 0.253 e. The van der Waals surface area contributed by atoms with Crippen molar-refractivity contribution >= 4 is 22.2 Å². The third-order valence-corrected chi connectivity index (χ3v) is 3.81. The number of rotatable bonds is 3. The van der Waals surface area contributed by atoms with E-state index in [1.165, 1.54) is 18.6 Å². The van der Waals surface area contributed by atoms with Crippen molar-refractivity contribution in [1.82, 2.24) is 4.98 Å². The van der Waals surface area contributed by atoms with Gasteiger partial charge in [-0.2, -0.15) is 5.10 Å². The Hall–Kier alpha value is -1.68. The average Bonchev–Trinajstić information content (AvgIpc) is 3.09. The summed E-state index contributed by atoms with van der Waals surface area (Å²) in [5.74, 6) is 0. The highest BCUT2D eigenvalue weighted by atomic mass is 32.1. The lowest BCUT2D eigenvalue weighted by atomic mass is 10.2. The van der Waals surface area contributed by atoms with Gasteiger partial charge in [-0.1, -0.05) is 30.3 Å². The van der Waals surface area contributed by atoms with Crippen molar-refractivity contribution in [1.29, 1.82) is 0 Å². The number of hydrogen-bond acceptors (Lipinski definition) is 4. The first-order valence-corrected chi connectivity index (χ1v) is 7.12. The van der Waals surface area contributed by atoms with E-state index in [2.05, 4.69) is 33.0 Å². The van der Waals surface area contributed by atoms with E-state index >= 15 is 0 Å². The summed E-state index contributed by atoms with van der Waals surface area (Å²) in [6, 6.07) is 10.2. The molecule has 3 nitrogen and oxygen atoms in total. The standard InChI is InChI=1S/C14H15N3S/c1-2-6-11(7-3-1)13-10-18-14(15-13)17-16-12-8-4-5-9-12/h1-3,6-7,10H,4-5,8-9H2,(H,15,17). The van der Waals surface area contributed by atoms with Gasteiger partial charge >= 0.3 is 0 Å². The van der Waals surface area contributed by atoms with Gasteiger partial charge < -0.3 is 0 Å². The number of hydrazone groups is 1. The summed E-state index contributed by atoms with van der Waals surface area (Å²) in [5.41, 5.74) is 6.50. The molecule has 1 aromatic carbocycles. The third kappa shape index (κ3) is 2.59. The molecule has 1 fully saturated rings. The van der Waals surface area contributed by atoms with Crippen LogP contribution in [0.25, 0.3) is 11.3 Å². The molecule has 0 unspecified atom stereocenters. The molecule has 18 heavy (non-hydrogen) atoms. The second-order valence-corrected chi connectivity index (χ2v) is 5.26. The molecule has 0 atom stereocenters. The Balaban J connectivity index is 1.72. The fraction of sp³-hybridized carbons (Fsp3) is 0.286. The highest BCUT2D eigenvalue weighted by Crippen LogP contribution is 2.25. The summed E-state index contributed by atoms with van der Waals surface area (Å²) in [6.45, 7) is 0. The van der Waals surface area contributed by atoms with Crippen molar-refractivity contribution in [2.24, 2.45) is 5.10 Å². The van der Waals surface area contributed by atoms with Gasteiger partial charge in [-0.15, -0.1) is 11.3 Å². The molecule has 1 aromatic heterocycles. The smallest absolute Gasteiger partial charge is 0.203 e. The van der Waals surface area contributed by atoms with E-state index in [9.17, 15) is 0 Å². The minimum atomic E-state index is 0.869. The molecule has 92 valence electrons. The first kappa shape index (κ1) is 11.4. The van der Waals surface area contributed by atoms with E-state index in [0.717, 1.165) is 29.2 Å². The van der Waals surface area contributed by atoms with Crippen LogP contribution in [0.1, 0.15) is 25.7 Å². The normalized spacial score (nSPS) is 14.8. The number of anilines is 1. The van der Waals surface area contributed by atoms with Crippen LogP contribution in [0.5, 0.6) is 0 Å². The maximum atomic E-state index is 4.54. The van der Waals surface area contributed by atoms with E-state index in [1.807, 2.05) is 18.2 Å². The van der Waals surface area contributed by atoms with Gasteiger partial charge in [0.25, 0.3) is 0 Å². The molecule has 0 radical (unpaired) electrons. The molecule has 1 aliphatic rings. The summed E-state index contributed by atoms with van der Waals surface area (Å²) < 4.78 is 0. The summed E-state index contributed by atoms with van der Waals surface area (Å²) in [4.78, 5) is 4.54. The fourth-order valence-corrected chi connectivity index (χ4v) is 2.75. The fourth-order valence-electron chi connectivity index (χ4n) is 2.09. The Morgan fingerprint density at radius 2 is 1.89 bits per heavy atom. The maximum absolute atomic E-state index is 4.54. The number of nitrogens with one attached hydrogen (secondary N) is 1. The molecule has 0 bridgehead atoms. The van der Waals surface area contributed by atoms with Crippen molar-refractivity contribution in [2.45, 2.75) is 25.7 Å². The molecule has 0 aliphatic heterocycles. The van der Waals surface area contributed by atoms with Crippen molar-refractivity contribution < 1.29 is 0 Å². The SMILES string of the molecule is c1ccc(-c2csc(NN=C3CCCC3)n2)cc1. The Kier molecular flexibility index (Phi) is 3.37. The highest BCUT2D eigenvalue weighted by molar-refractivity contribution is 7.14. The van der Waals surface area contributed by atoms with Gasteiger partial charge in [-0.25, -0.2) is 4.98 Å². The van der Waals surface area contributed by atoms with Crippen LogP contribution in [0.2, 0.25) is 0 Å². The lowest BCUT2D eigenvalue weighted by molar-refractivity contribution is 0.886. The lowest BCUT2D eigenvalue weighted by Gasteiger charge is -1.97. The molecule has 0 amide bonds. The van der Waals surface area contributed by atoms with E-state index < -0.39 is 0 Å². The second kappa shape index (κ2) is 5.31. The van der Waals surface area contributed by atoms with Crippen molar-refractivity contribution in [3.63, 3.8) is 0 Å². The predicted molar refractivity (Wildman–Crippen MR) is 77.1 cm³/mol. The van der Waals surface area contributed by atoms with Crippen LogP contribution >= 0.6 is 11.3 Å². The van der Waals surface area contributed by atoms with Gasteiger partial charge in [0.1, 0.15) is 0 Å². The number of thiazole rings is 1. The molecule has 1 N–H and O–H groups in total. The Bertz CT molecular complexity index is 537. The second-order valence-electron chi connectivity index (χ2n) is 4.40. The van der Waals surface area contributed by atoms with Gasteiger partial charge in [-0.3, -0.25) is 5.43 Å². The van der Waals surface area contributed by atoms with Crippen LogP contribution in [0.3, 0.4) is 0 Å². The molecule has 1 saturated carbocycles. The molecule has 3 rings (SSSR count). The van der Waals surface area contributed by atoms with E-state index in [1.54, 1.807) is 11.3 Å². The summed E-state index contributed by atoms with van der Waals surface area (Å²) in [7, 11) is 0. The van der Waals surface area contributed by atoms with Gasteiger partial charge in [-0.05, 0) is 25.7 Å². The zero-order valence-corrected chi connectivity index (χ0v) is 10.9. The van der Waals surface area contributed by atoms with Crippen LogP contribution in [-0.2, 0) is 0 Å². The maximum Gasteiger partial charge on any atom is 0.203 e. The number of hydrogen-bond donors (Lipinski definition) is 1. The molecular formula is C14H15N3S. The Morgan fingerprint density at radius 3 is 2.67 bits per heavy atom. The zero-order chi connectivity index (χ0) is 12.2. The monoisotopic (exact) mass is 257 g/mol. The van der Waals surface area contributed by atoms with Gasteiger partial charge in [0.05, 0.1) is 5.69 Å². The average molecular weight is 257 g/mol. The van der Waals surface area contributed by atoms with Crippen LogP contribution in [0, 0.1) is 0 Å². The summed E-state index contributed by atoms with van der Waals surface area (Å²) in [6.07, 6.45) is 4.80. The van der Waals surface area contributed by atoms with E-state index in [0.29, 0.717) is 0 Å². The molecule has 0 saturated heterocycles. The van der Waals surface area contributed by atoms with Gasteiger partial charge in [0, 0.05) is 16.7 Å². The zero-order valence-electron chi connectivity index (χ0n) is 10.1. The van der Waals surface area contributed by atoms with Gasteiger partial charge in [0.15, 0.2) is 0 Å². The number of aromatic nitrogens is 1. The Labute approximate surface area is 111 Å². The first-order valence-electron chi connectivity index (χ1n) is 6.24. The predicted octanol–water partition coefficient (Wildman–Crippen LogP) is 4.15. The molecule has 2 aromatic rings. The van der Waals surface area contributed by atoms with Crippen LogP contribution in [-0.4, -0.2) is 10.7 Å². The first-order chi connectivity index (χ1) is 8.92. The Morgan fingerprint density at radius 1 is 1.11 bits per heavy atom. The van der Waals surface area contributed by atoms with Gasteiger partial charge in [0.2, 0.25) is 5.13 Å². The van der Waals surface area contributed by atoms with E-state index in [4.69, 9.17) is 0 Å². The number of benzene rings is 1.